The molecular formula is C14H23LiO6S2. The van der Waals surface area contributed by atoms with E-state index >= 15 is 0 Å². The second kappa shape index (κ2) is 6.51. The zero-order chi connectivity index (χ0) is 17.7. The summed E-state index contributed by atoms with van der Waals surface area (Å²) in [4.78, 5) is -0.699. The topological polar surface area (TPSA) is 109 Å². The first-order chi connectivity index (χ1) is 9.45. The Morgan fingerprint density at radius 2 is 1.04 bits per heavy atom. The molecule has 0 unspecified atom stereocenters. The minimum atomic E-state index is -4.57. The van der Waals surface area contributed by atoms with Crippen molar-refractivity contribution >= 4 is 39.1 Å². The molecule has 0 heterocycles. The number of hydrogen-bond donors (Lipinski definition) is 2. The van der Waals surface area contributed by atoms with Crippen LogP contribution in [0.4, 0.5) is 0 Å². The van der Waals surface area contributed by atoms with Crippen molar-refractivity contribution in [3.8, 4) is 0 Å². The van der Waals surface area contributed by atoms with Gasteiger partial charge in [-0.25, -0.2) is 0 Å². The van der Waals surface area contributed by atoms with E-state index in [9.17, 15) is 25.9 Å². The molecule has 0 aromatic heterocycles. The first-order valence-electron chi connectivity index (χ1n) is 6.59. The quantitative estimate of drug-likeness (QED) is 0.619. The van der Waals surface area contributed by atoms with E-state index in [0.717, 1.165) is 12.1 Å². The fraction of sp³-hybridized carbons (Fsp3) is 0.571. The Morgan fingerprint density at radius 3 is 1.22 bits per heavy atom. The summed E-state index contributed by atoms with van der Waals surface area (Å²) < 4.78 is 65.7. The molecule has 0 amide bonds. The van der Waals surface area contributed by atoms with Gasteiger partial charge in [-0.05, 0) is 34.1 Å². The van der Waals surface area contributed by atoms with E-state index in [2.05, 4.69) is 0 Å². The molecule has 0 bridgehead atoms. The average molecular weight is 358 g/mol. The fourth-order valence-electron chi connectivity index (χ4n) is 2.14. The van der Waals surface area contributed by atoms with Gasteiger partial charge in [-0.2, -0.15) is 16.8 Å². The molecule has 0 aliphatic rings. The van der Waals surface area contributed by atoms with Crippen LogP contribution in [0.25, 0.3) is 0 Å². The van der Waals surface area contributed by atoms with Crippen LogP contribution in [0.1, 0.15) is 52.7 Å². The van der Waals surface area contributed by atoms with Crippen LogP contribution < -0.4 is 0 Å². The van der Waals surface area contributed by atoms with E-state index in [1.807, 2.05) is 0 Å². The molecule has 0 fully saturated rings. The predicted octanol–water partition coefficient (Wildman–Crippen LogP) is 2.13. The molecule has 1 aromatic rings. The van der Waals surface area contributed by atoms with Gasteiger partial charge in [0.25, 0.3) is 20.2 Å². The van der Waals surface area contributed by atoms with Gasteiger partial charge in [0.2, 0.25) is 0 Å². The second-order valence-electron chi connectivity index (χ2n) is 7.30. The third kappa shape index (κ3) is 5.31. The van der Waals surface area contributed by atoms with Crippen LogP contribution in [0, 0.1) is 0 Å². The van der Waals surface area contributed by atoms with Crippen LogP contribution in [0.2, 0.25) is 0 Å². The van der Waals surface area contributed by atoms with Crippen molar-refractivity contribution in [1.29, 1.82) is 0 Å². The van der Waals surface area contributed by atoms with E-state index in [1.54, 1.807) is 41.5 Å². The Bertz CT molecular complexity index is 762. The van der Waals surface area contributed by atoms with Gasteiger partial charge in [0, 0.05) is 0 Å². The maximum atomic E-state index is 11.9. The summed E-state index contributed by atoms with van der Waals surface area (Å²) in [5, 5.41) is 0. The molecule has 128 valence electrons. The van der Waals surface area contributed by atoms with Gasteiger partial charge < -0.3 is 0 Å². The summed E-state index contributed by atoms with van der Waals surface area (Å²) in [7, 11) is -9.08. The molecule has 2 N–H and O–H groups in total. The third-order valence-corrected chi connectivity index (χ3v) is 5.02. The molecule has 9 heteroatoms. The number of benzene rings is 1. The molecular weight excluding hydrogens is 335 g/mol. The Morgan fingerprint density at radius 1 is 0.739 bits per heavy atom. The molecule has 1 rings (SSSR count). The average Bonchev–Trinajstić information content (AvgIpc) is 2.22. The van der Waals surface area contributed by atoms with Crippen LogP contribution in [0.5, 0.6) is 0 Å². The van der Waals surface area contributed by atoms with Crippen LogP contribution in [0.15, 0.2) is 21.9 Å². The summed E-state index contributed by atoms with van der Waals surface area (Å²) in [6.07, 6.45) is 0. The van der Waals surface area contributed by atoms with Gasteiger partial charge in [0.05, 0.1) is 4.90 Å². The molecule has 6 nitrogen and oxygen atoms in total. The van der Waals surface area contributed by atoms with Crippen molar-refractivity contribution in [2.45, 2.75) is 62.2 Å². The maximum absolute atomic E-state index is 11.9. The van der Waals surface area contributed by atoms with Gasteiger partial charge in [-0.3, -0.25) is 9.11 Å². The Labute approximate surface area is 150 Å². The van der Waals surface area contributed by atoms with E-state index in [1.165, 1.54) is 0 Å². The third-order valence-electron chi connectivity index (χ3n) is 3.23. The SMILES string of the molecule is CC(C)(C)c1cc(S(=O)(=O)O)cc(C(C)(C)C)c1S(=O)(=O)O.[LiH]. The summed E-state index contributed by atoms with van der Waals surface area (Å²) in [6, 6.07) is 2.18. The van der Waals surface area contributed by atoms with Crippen LogP contribution >= 0.6 is 0 Å². The molecule has 1 aromatic carbocycles. The summed E-state index contributed by atoms with van der Waals surface area (Å²) >= 11 is 0. The molecule has 0 atom stereocenters. The molecule has 0 aliphatic heterocycles. The molecule has 0 saturated carbocycles. The summed E-state index contributed by atoms with van der Waals surface area (Å²) in [5.74, 6) is 0. The first-order valence-corrected chi connectivity index (χ1v) is 9.47. The van der Waals surface area contributed by atoms with Crippen LogP contribution in [0.3, 0.4) is 0 Å². The van der Waals surface area contributed by atoms with Crippen molar-refractivity contribution in [2.24, 2.45) is 0 Å². The molecule has 23 heavy (non-hydrogen) atoms. The van der Waals surface area contributed by atoms with Crippen molar-refractivity contribution in [3.63, 3.8) is 0 Å². The van der Waals surface area contributed by atoms with E-state index in [4.69, 9.17) is 0 Å². The zero-order valence-electron chi connectivity index (χ0n) is 13.5. The number of hydrogen-bond acceptors (Lipinski definition) is 4. The fourth-order valence-corrected chi connectivity index (χ4v) is 3.96. The summed E-state index contributed by atoms with van der Waals surface area (Å²) in [6.45, 7) is 10.2. The van der Waals surface area contributed by atoms with Crippen molar-refractivity contribution in [3.05, 3.63) is 23.3 Å². The normalized spacial score (nSPS) is 13.6. The first kappa shape index (κ1) is 22.6. The minimum absolute atomic E-state index is 0. The van der Waals surface area contributed by atoms with Gasteiger partial charge >= 0.3 is 18.9 Å². The summed E-state index contributed by atoms with van der Waals surface area (Å²) in [5.41, 5.74) is -1.25. The number of rotatable bonds is 2. The van der Waals surface area contributed by atoms with E-state index in [0.29, 0.717) is 0 Å². The van der Waals surface area contributed by atoms with Crippen molar-refractivity contribution in [1.82, 2.24) is 0 Å². The Hall–Kier alpha value is -0.363. The Kier molecular flexibility index (Phi) is 6.40. The van der Waals surface area contributed by atoms with Gasteiger partial charge in [-0.1, -0.05) is 41.5 Å². The van der Waals surface area contributed by atoms with Crippen LogP contribution in [-0.2, 0) is 31.1 Å². The van der Waals surface area contributed by atoms with E-state index < -0.39 is 36.0 Å². The van der Waals surface area contributed by atoms with Crippen molar-refractivity contribution < 1.29 is 25.9 Å². The predicted molar refractivity (Wildman–Crippen MR) is 90.6 cm³/mol. The molecule has 0 spiro atoms. The van der Waals surface area contributed by atoms with Gasteiger partial charge in [0.15, 0.2) is 0 Å². The zero-order valence-corrected chi connectivity index (χ0v) is 15.1. The van der Waals surface area contributed by atoms with E-state index in [-0.39, 0.29) is 34.9 Å². The molecule has 0 saturated heterocycles. The van der Waals surface area contributed by atoms with Gasteiger partial charge in [-0.15, -0.1) is 0 Å². The van der Waals surface area contributed by atoms with Gasteiger partial charge in [0.1, 0.15) is 4.90 Å². The monoisotopic (exact) mass is 358 g/mol. The standard InChI is InChI=1S/C14H22O6S2.Li.H/c1-13(2,3)10-7-9(21(15,16)17)8-11(14(4,5)6)12(10)22(18,19)20;;/h7-8H,1-6H3,(H,15,16,17)(H,18,19,20);;. The molecule has 0 radical (unpaired) electrons. The van der Waals surface area contributed by atoms with Crippen molar-refractivity contribution in [2.75, 3.05) is 0 Å². The molecule has 0 aliphatic carbocycles. The Balaban J connectivity index is 0.00000484. The van der Waals surface area contributed by atoms with Crippen LogP contribution in [-0.4, -0.2) is 44.8 Å². The second-order valence-corrected chi connectivity index (χ2v) is 10.1.